The number of halogens is 1. The van der Waals surface area contributed by atoms with Gasteiger partial charge in [-0.3, -0.25) is 4.79 Å². The second kappa shape index (κ2) is 8.52. The average molecular weight is 413 g/mol. The number of sulfonamides is 1. The zero-order chi connectivity index (χ0) is 18.6. The fourth-order valence-corrected chi connectivity index (χ4v) is 5.46. The summed E-state index contributed by atoms with van der Waals surface area (Å²) >= 11 is 7.61. The number of piperazine rings is 1. The smallest absolute Gasteiger partial charge is 0.243 e. The molecule has 1 amide bonds. The number of amides is 1. The van der Waals surface area contributed by atoms with Gasteiger partial charge in [-0.25, -0.2) is 8.42 Å². The Kier molecular flexibility index (Phi) is 6.34. The summed E-state index contributed by atoms with van der Waals surface area (Å²) in [5.41, 5.74) is 0. The second-order valence-electron chi connectivity index (χ2n) is 6.18. The highest BCUT2D eigenvalue weighted by Gasteiger charge is 2.30. The zero-order valence-electron chi connectivity index (χ0n) is 14.3. The van der Waals surface area contributed by atoms with Crippen LogP contribution in [0.1, 0.15) is 17.7 Å². The van der Waals surface area contributed by atoms with E-state index < -0.39 is 10.0 Å². The van der Waals surface area contributed by atoms with E-state index in [1.54, 1.807) is 34.4 Å². The maximum absolute atomic E-state index is 12.7. The quantitative estimate of drug-likeness (QED) is 0.731. The van der Waals surface area contributed by atoms with E-state index in [0.717, 1.165) is 12.8 Å². The molecule has 0 radical (unpaired) electrons. The molecule has 0 N–H and O–H groups in total. The minimum absolute atomic E-state index is 0.0985. The van der Waals surface area contributed by atoms with Crippen molar-refractivity contribution in [2.24, 2.45) is 0 Å². The number of hydrogen-bond acceptors (Lipinski definition) is 4. The van der Waals surface area contributed by atoms with Gasteiger partial charge in [0.25, 0.3) is 0 Å². The monoisotopic (exact) mass is 412 g/mol. The van der Waals surface area contributed by atoms with Gasteiger partial charge in [-0.15, -0.1) is 11.3 Å². The highest BCUT2D eigenvalue weighted by molar-refractivity contribution is 7.89. The first kappa shape index (κ1) is 19.4. The molecule has 8 heteroatoms. The first-order chi connectivity index (χ1) is 12.5. The number of aryl methyl sites for hydroxylation is 1. The van der Waals surface area contributed by atoms with E-state index >= 15 is 0 Å². The number of carbonyl (C=O) groups excluding carboxylic acids is 1. The predicted octanol–water partition coefficient (Wildman–Crippen LogP) is 3.26. The largest absolute Gasteiger partial charge is 0.340 e. The van der Waals surface area contributed by atoms with Gasteiger partial charge in [0, 0.05) is 42.5 Å². The van der Waals surface area contributed by atoms with Crippen LogP contribution in [0, 0.1) is 0 Å². The van der Waals surface area contributed by atoms with Gasteiger partial charge in [0.1, 0.15) is 0 Å². The molecule has 0 atom stereocenters. The van der Waals surface area contributed by atoms with E-state index in [4.69, 9.17) is 11.6 Å². The Hall–Kier alpha value is -1.41. The SMILES string of the molecule is O=C(CCCc1cccs1)N1CCN(S(=O)(=O)c2cccc(Cl)c2)CC1. The van der Waals surface area contributed by atoms with Crippen LogP contribution in [0.25, 0.3) is 0 Å². The summed E-state index contributed by atoms with van der Waals surface area (Å²) in [6.07, 6.45) is 2.23. The highest BCUT2D eigenvalue weighted by atomic mass is 35.5. The summed E-state index contributed by atoms with van der Waals surface area (Å²) in [5, 5.41) is 2.43. The molecule has 0 unspecified atom stereocenters. The minimum Gasteiger partial charge on any atom is -0.340 e. The molecule has 140 valence electrons. The number of carbonyl (C=O) groups is 1. The van der Waals surface area contributed by atoms with Crippen molar-refractivity contribution in [2.75, 3.05) is 26.2 Å². The van der Waals surface area contributed by atoms with Gasteiger partial charge in [0.2, 0.25) is 15.9 Å². The normalized spacial score (nSPS) is 16.0. The third-order valence-corrected chi connectivity index (χ3v) is 7.49. The Labute approximate surface area is 163 Å². The zero-order valence-corrected chi connectivity index (χ0v) is 16.7. The number of thiophene rings is 1. The molecule has 0 aliphatic carbocycles. The molecule has 5 nitrogen and oxygen atoms in total. The first-order valence-electron chi connectivity index (χ1n) is 8.53. The van der Waals surface area contributed by atoms with Gasteiger partial charge in [0.15, 0.2) is 0 Å². The molecule has 0 spiro atoms. The molecular weight excluding hydrogens is 392 g/mol. The van der Waals surface area contributed by atoms with Crippen molar-refractivity contribution in [1.82, 2.24) is 9.21 Å². The topological polar surface area (TPSA) is 57.7 Å². The summed E-state index contributed by atoms with van der Waals surface area (Å²) in [7, 11) is -3.57. The molecule has 1 aliphatic heterocycles. The lowest BCUT2D eigenvalue weighted by atomic mass is 10.2. The number of benzene rings is 1. The third kappa shape index (κ3) is 4.65. The summed E-state index contributed by atoms with van der Waals surface area (Å²) < 4.78 is 26.8. The fourth-order valence-electron chi connectivity index (χ4n) is 2.98. The number of hydrogen-bond donors (Lipinski definition) is 0. The Morgan fingerprint density at radius 2 is 1.88 bits per heavy atom. The molecule has 1 aromatic carbocycles. The molecule has 0 saturated carbocycles. The summed E-state index contributed by atoms with van der Waals surface area (Å²) in [6.45, 7) is 1.48. The van der Waals surface area contributed by atoms with Crippen molar-refractivity contribution in [1.29, 1.82) is 0 Å². The van der Waals surface area contributed by atoms with E-state index in [1.165, 1.54) is 15.2 Å². The first-order valence-corrected chi connectivity index (χ1v) is 11.2. The van der Waals surface area contributed by atoms with Gasteiger partial charge < -0.3 is 4.90 Å². The van der Waals surface area contributed by atoms with Crippen LogP contribution in [0.4, 0.5) is 0 Å². The van der Waals surface area contributed by atoms with E-state index in [9.17, 15) is 13.2 Å². The van der Waals surface area contributed by atoms with Gasteiger partial charge in [-0.2, -0.15) is 4.31 Å². The fraction of sp³-hybridized carbons (Fsp3) is 0.389. The average Bonchev–Trinajstić information content (AvgIpc) is 3.15. The van der Waals surface area contributed by atoms with Gasteiger partial charge in [-0.1, -0.05) is 23.7 Å². The van der Waals surface area contributed by atoms with Gasteiger partial charge in [-0.05, 0) is 42.5 Å². The third-order valence-electron chi connectivity index (χ3n) is 4.42. The second-order valence-corrected chi connectivity index (χ2v) is 9.58. The van der Waals surface area contributed by atoms with Crippen LogP contribution in [-0.4, -0.2) is 49.7 Å². The maximum Gasteiger partial charge on any atom is 0.243 e. The van der Waals surface area contributed by atoms with Crippen LogP contribution in [0.3, 0.4) is 0 Å². The van der Waals surface area contributed by atoms with Crippen molar-refractivity contribution in [3.8, 4) is 0 Å². The standard InChI is InChI=1S/C18H21ClN2O3S2/c19-15-4-1-7-17(14-15)26(23,24)21-11-9-20(10-12-21)18(22)8-2-5-16-6-3-13-25-16/h1,3-4,6-7,13-14H,2,5,8-12H2. The summed E-state index contributed by atoms with van der Waals surface area (Å²) in [6, 6.07) is 10.4. The maximum atomic E-state index is 12.7. The van der Waals surface area contributed by atoms with E-state index in [-0.39, 0.29) is 10.8 Å². The van der Waals surface area contributed by atoms with Gasteiger partial charge >= 0.3 is 0 Å². The number of nitrogens with zero attached hydrogens (tertiary/aromatic N) is 2. The molecule has 3 rings (SSSR count). The molecule has 26 heavy (non-hydrogen) atoms. The van der Waals surface area contributed by atoms with Crippen molar-refractivity contribution in [3.05, 3.63) is 51.7 Å². The lowest BCUT2D eigenvalue weighted by Crippen LogP contribution is -2.50. The number of rotatable bonds is 6. The Morgan fingerprint density at radius 3 is 2.54 bits per heavy atom. The molecule has 1 saturated heterocycles. The van der Waals surface area contributed by atoms with E-state index in [0.29, 0.717) is 37.6 Å². The van der Waals surface area contributed by atoms with Crippen LogP contribution >= 0.6 is 22.9 Å². The Balaban J connectivity index is 1.51. The van der Waals surface area contributed by atoms with Crippen LogP contribution in [0.15, 0.2) is 46.7 Å². The van der Waals surface area contributed by atoms with Crippen LogP contribution in [0.5, 0.6) is 0 Å². The van der Waals surface area contributed by atoms with Crippen molar-refractivity contribution < 1.29 is 13.2 Å². The molecule has 1 aliphatic rings. The highest BCUT2D eigenvalue weighted by Crippen LogP contribution is 2.21. The van der Waals surface area contributed by atoms with Crippen molar-refractivity contribution >= 4 is 38.9 Å². The van der Waals surface area contributed by atoms with Crippen LogP contribution in [0.2, 0.25) is 5.02 Å². The minimum atomic E-state index is -3.57. The summed E-state index contributed by atoms with van der Waals surface area (Å²) in [4.78, 5) is 15.6. The molecule has 1 fully saturated rings. The Morgan fingerprint density at radius 1 is 1.12 bits per heavy atom. The molecule has 1 aromatic heterocycles. The van der Waals surface area contributed by atoms with Gasteiger partial charge in [0.05, 0.1) is 4.90 Å². The van der Waals surface area contributed by atoms with E-state index in [1.807, 2.05) is 11.4 Å². The molecule has 2 heterocycles. The predicted molar refractivity (Wildman–Crippen MR) is 104 cm³/mol. The molecule has 2 aromatic rings. The van der Waals surface area contributed by atoms with Crippen molar-refractivity contribution in [2.45, 2.75) is 24.2 Å². The van der Waals surface area contributed by atoms with Crippen LogP contribution < -0.4 is 0 Å². The molecule has 0 bridgehead atoms. The van der Waals surface area contributed by atoms with E-state index in [2.05, 4.69) is 6.07 Å². The summed E-state index contributed by atoms with van der Waals surface area (Å²) in [5.74, 6) is 0.0985. The lowest BCUT2D eigenvalue weighted by Gasteiger charge is -2.34. The molecular formula is C18H21ClN2O3S2. The lowest BCUT2D eigenvalue weighted by molar-refractivity contribution is -0.132. The Bertz CT molecular complexity index is 845. The van der Waals surface area contributed by atoms with Crippen LogP contribution in [-0.2, 0) is 21.2 Å². The van der Waals surface area contributed by atoms with Crippen molar-refractivity contribution in [3.63, 3.8) is 0 Å².